The van der Waals surface area contributed by atoms with Crippen molar-refractivity contribution in [2.24, 2.45) is 5.73 Å². The van der Waals surface area contributed by atoms with E-state index in [4.69, 9.17) is 5.73 Å². The summed E-state index contributed by atoms with van der Waals surface area (Å²) in [7, 11) is 0. The average Bonchev–Trinajstić information content (AvgIpc) is 2.25. The normalized spacial score (nSPS) is 12.4. The first kappa shape index (κ1) is 15.8. The molecule has 96 valence electrons. The summed E-state index contributed by atoms with van der Waals surface area (Å²) in [6.45, 7) is 4.98. The van der Waals surface area contributed by atoms with Crippen LogP contribution in [0.15, 0.2) is 0 Å². The van der Waals surface area contributed by atoms with Crippen molar-refractivity contribution >= 4 is 17.7 Å². The highest BCUT2D eigenvalue weighted by Gasteiger charge is 2.06. The lowest BCUT2D eigenvalue weighted by Crippen LogP contribution is -2.33. The Morgan fingerprint density at radius 1 is 1.38 bits per heavy atom. The maximum absolute atomic E-state index is 11.5. The van der Waals surface area contributed by atoms with E-state index in [0.29, 0.717) is 18.3 Å². The van der Waals surface area contributed by atoms with E-state index in [1.54, 1.807) is 11.8 Å². The number of hydrogen-bond acceptors (Lipinski definition) is 3. The Morgan fingerprint density at radius 3 is 2.75 bits per heavy atom. The van der Waals surface area contributed by atoms with Crippen molar-refractivity contribution in [1.82, 2.24) is 5.32 Å². The molecule has 0 rings (SSSR count). The minimum atomic E-state index is 0.158. The standard InChI is InChI=1S/C12H26N2OS/c1-3-4-5-7-11(2)14-12(15)10-16-9-6-8-13/h11H,3-10,13H2,1-2H3,(H,14,15). The Kier molecular flexibility index (Phi) is 11.1. The highest BCUT2D eigenvalue weighted by atomic mass is 32.2. The van der Waals surface area contributed by atoms with Crippen molar-refractivity contribution in [2.45, 2.75) is 52.0 Å². The summed E-state index contributed by atoms with van der Waals surface area (Å²) in [6, 6.07) is 0.314. The largest absolute Gasteiger partial charge is 0.353 e. The molecule has 3 N–H and O–H groups in total. The van der Waals surface area contributed by atoms with Crippen LogP contribution in [0.1, 0.15) is 46.0 Å². The summed E-state index contributed by atoms with van der Waals surface area (Å²) in [6.07, 6.45) is 5.77. The lowest BCUT2D eigenvalue weighted by atomic mass is 10.1. The number of carbonyl (C=O) groups is 1. The Hall–Kier alpha value is -0.220. The van der Waals surface area contributed by atoms with Gasteiger partial charge in [-0.1, -0.05) is 26.2 Å². The Balaban J connectivity index is 3.39. The SMILES string of the molecule is CCCCCC(C)NC(=O)CSCCCN. The van der Waals surface area contributed by atoms with E-state index in [-0.39, 0.29) is 5.91 Å². The van der Waals surface area contributed by atoms with Crippen LogP contribution in [0, 0.1) is 0 Å². The van der Waals surface area contributed by atoms with Crippen molar-refractivity contribution in [2.75, 3.05) is 18.1 Å². The average molecular weight is 246 g/mol. The first-order chi connectivity index (χ1) is 7.70. The van der Waals surface area contributed by atoms with Gasteiger partial charge in [-0.15, -0.1) is 0 Å². The number of rotatable bonds is 10. The molecule has 0 fully saturated rings. The fourth-order valence-corrected chi connectivity index (χ4v) is 2.22. The number of nitrogens with one attached hydrogen (secondary N) is 1. The first-order valence-electron chi connectivity index (χ1n) is 6.27. The zero-order valence-electron chi connectivity index (χ0n) is 10.6. The molecular formula is C12H26N2OS. The number of hydrogen-bond donors (Lipinski definition) is 2. The summed E-state index contributed by atoms with van der Waals surface area (Å²) in [5.74, 6) is 1.71. The molecule has 3 nitrogen and oxygen atoms in total. The molecule has 0 aromatic rings. The minimum Gasteiger partial charge on any atom is -0.353 e. The van der Waals surface area contributed by atoms with Crippen molar-refractivity contribution < 1.29 is 4.79 Å². The van der Waals surface area contributed by atoms with Crippen LogP contribution < -0.4 is 11.1 Å². The van der Waals surface area contributed by atoms with Crippen LogP contribution in [-0.4, -0.2) is 30.0 Å². The zero-order valence-corrected chi connectivity index (χ0v) is 11.4. The quantitative estimate of drug-likeness (QED) is 0.581. The van der Waals surface area contributed by atoms with E-state index in [9.17, 15) is 4.79 Å². The number of nitrogens with two attached hydrogens (primary N) is 1. The molecule has 0 aliphatic heterocycles. The van der Waals surface area contributed by atoms with Gasteiger partial charge in [-0.3, -0.25) is 4.79 Å². The molecule has 0 bridgehead atoms. The van der Waals surface area contributed by atoms with Gasteiger partial charge in [0, 0.05) is 6.04 Å². The molecule has 0 aromatic carbocycles. The molecule has 0 aliphatic carbocycles. The first-order valence-corrected chi connectivity index (χ1v) is 7.43. The van der Waals surface area contributed by atoms with E-state index in [1.807, 2.05) is 0 Å². The fourth-order valence-electron chi connectivity index (χ4n) is 1.44. The van der Waals surface area contributed by atoms with Gasteiger partial charge in [-0.25, -0.2) is 0 Å². The summed E-state index contributed by atoms with van der Waals surface area (Å²) < 4.78 is 0. The molecule has 0 aliphatic rings. The molecule has 1 atom stereocenters. The van der Waals surface area contributed by atoms with E-state index in [2.05, 4.69) is 19.2 Å². The highest BCUT2D eigenvalue weighted by Crippen LogP contribution is 2.04. The molecule has 0 saturated carbocycles. The third-order valence-corrected chi connectivity index (χ3v) is 3.42. The van der Waals surface area contributed by atoms with E-state index < -0.39 is 0 Å². The number of unbranched alkanes of at least 4 members (excludes halogenated alkanes) is 2. The topological polar surface area (TPSA) is 55.1 Å². The van der Waals surface area contributed by atoms with Gasteiger partial charge in [-0.05, 0) is 32.1 Å². The monoisotopic (exact) mass is 246 g/mol. The molecule has 0 radical (unpaired) electrons. The second kappa shape index (κ2) is 11.3. The van der Waals surface area contributed by atoms with E-state index in [0.717, 1.165) is 18.6 Å². The summed E-state index contributed by atoms with van der Waals surface area (Å²) in [5.41, 5.74) is 5.38. The van der Waals surface area contributed by atoms with E-state index >= 15 is 0 Å². The second-order valence-corrected chi connectivity index (χ2v) is 5.26. The summed E-state index contributed by atoms with van der Waals surface area (Å²) >= 11 is 1.66. The number of carbonyl (C=O) groups excluding carboxylic acids is 1. The Morgan fingerprint density at radius 2 is 2.12 bits per heavy atom. The van der Waals surface area contributed by atoms with Crippen LogP contribution in [0.4, 0.5) is 0 Å². The van der Waals surface area contributed by atoms with Crippen molar-refractivity contribution in [3.8, 4) is 0 Å². The smallest absolute Gasteiger partial charge is 0.230 e. The Labute approximate surface area is 104 Å². The lowest BCUT2D eigenvalue weighted by Gasteiger charge is -2.13. The van der Waals surface area contributed by atoms with Gasteiger partial charge >= 0.3 is 0 Å². The van der Waals surface area contributed by atoms with Gasteiger partial charge in [0.15, 0.2) is 0 Å². The maximum Gasteiger partial charge on any atom is 0.230 e. The van der Waals surface area contributed by atoms with Gasteiger partial charge in [0.2, 0.25) is 5.91 Å². The second-order valence-electron chi connectivity index (χ2n) is 4.16. The van der Waals surface area contributed by atoms with Crippen LogP contribution in [-0.2, 0) is 4.79 Å². The van der Waals surface area contributed by atoms with Crippen LogP contribution in [0.25, 0.3) is 0 Å². The van der Waals surface area contributed by atoms with Gasteiger partial charge < -0.3 is 11.1 Å². The lowest BCUT2D eigenvalue weighted by molar-refractivity contribution is -0.119. The molecule has 0 spiro atoms. The summed E-state index contributed by atoms with van der Waals surface area (Å²) in [4.78, 5) is 11.5. The minimum absolute atomic E-state index is 0.158. The van der Waals surface area contributed by atoms with Crippen LogP contribution in [0.2, 0.25) is 0 Å². The van der Waals surface area contributed by atoms with Gasteiger partial charge in [0.05, 0.1) is 5.75 Å². The van der Waals surface area contributed by atoms with E-state index in [1.165, 1.54) is 19.3 Å². The van der Waals surface area contributed by atoms with Crippen molar-refractivity contribution in [3.05, 3.63) is 0 Å². The number of amides is 1. The molecule has 0 saturated heterocycles. The number of thioether (sulfide) groups is 1. The molecule has 1 amide bonds. The molecule has 0 heterocycles. The third kappa shape index (κ3) is 10.3. The fraction of sp³-hybridized carbons (Fsp3) is 0.917. The highest BCUT2D eigenvalue weighted by molar-refractivity contribution is 7.99. The van der Waals surface area contributed by atoms with Crippen LogP contribution in [0.5, 0.6) is 0 Å². The Bertz CT molecular complexity index is 176. The van der Waals surface area contributed by atoms with Crippen LogP contribution in [0.3, 0.4) is 0 Å². The van der Waals surface area contributed by atoms with Gasteiger partial charge in [0.1, 0.15) is 0 Å². The van der Waals surface area contributed by atoms with Gasteiger partial charge in [0.25, 0.3) is 0 Å². The molecular weight excluding hydrogens is 220 g/mol. The summed E-state index contributed by atoms with van der Waals surface area (Å²) in [5, 5.41) is 3.02. The molecule has 1 unspecified atom stereocenters. The van der Waals surface area contributed by atoms with Gasteiger partial charge in [-0.2, -0.15) is 11.8 Å². The maximum atomic E-state index is 11.5. The van der Waals surface area contributed by atoms with Crippen molar-refractivity contribution in [3.63, 3.8) is 0 Å². The zero-order chi connectivity index (χ0) is 12.2. The molecule has 16 heavy (non-hydrogen) atoms. The predicted octanol–water partition coefficient (Wildman–Crippen LogP) is 2.15. The van der Waals surface area contributed by atoms with Crippen molar-refractivity contribution in [1.29, 1.82) is 0 Å². The predicted molar refractivity (Wildman–Crippen MR) is 72.7 cm³/mol. The molecule has 4 heteroatoms. The third-order valence-electron chi connectivity index (χ3n) is 2.37. The van der Waals surface area contributed by atoms with Crippen LogP contribution >= 0.6 is 11.8 Å². The molecule has 0 aromatic heterocycles.